The molecular formula is C8H7NO3. The van der Waals surface area contributed by atoms with Crippen molar-refractivity contribution in [2.75, 3.05) is 6.54 Å². The van der Waals surface area contributed by atoms with Crippen molar-refractivity contribution < 1.29 is 14.7 Å². The number of rotatable bonds is 0. The second-order valence-electron chi connectivity index (χ2n) is 2.87. The summed E-state index contributed by atoms with van der Waals surface area (Å²) in [4.78, 5) is 25.7. The van der Waals surface area contributed by atoms with E-state index in [2.05, 4.69) is 4.99 Å². The van der Waals surface area contributed by atoms with E-state index in [1.54, 1.807) is 0 Å². The minimum Gasteiger partial charge on any atom is -0.386 e. The summed E-state index contributed by atoms with van der Waals surface area (Å²) in [5.41, 5.74) is 1.10. The fourth-order valence-electron chi connectivity index (χ4n) is 1.38. The Kier molecular flexibility index (Phi) is 1.44. The van der Waals surface area contributed by atoms with Crippen LogP contribution in [0, 0.1) is 0 Å². The van der Waals surface area contributed by atoms with E-state index in [1.807, 2.05) is 0 Å². The Morgan fingerprint density at radius 2 is 2.25 bits per heavy atom. The van der Waals surface area contributed by atoms with E-state index in [0.717, 1.165) is 0 Å². The van der Waals surface area contributed by atoms with Crippen molar-refractivity contribution in [2.45, 2.75) is 12.5 Å². The van der Waals surface area contributed by atoms with Gasteiger partial charge in [-0.05, 0) is 6.08 Å². The van der Waals surface area contributed by atoms with Crippen molar-refractivity contribution in [2.24, 2.45) is 4.99 Å². The van der Waals surface area contributed by atoms with Crippen molar-refractivity contribution in [3.63, 3.8) is 0 Å². The zero-order valence-electron chi connectivity index (χ0n) is 6.28. The lowest BCUT2D eigenvalue weighted by Gasteiger charge is -2.10. The lowest BCUT2D eigenvalue weighted by molar-refractivity contribution is -0.133. The van der Waals surface area contributed by atoms with E-state index < -0.39 is 17.7 Å². The molecule has 62 valence electrons. The molecule has 0 aromatic rings. The Morgan fingerprint density at radius 1 is 1.50 bits per heavy atom. The van der Waals surface area contributed by atoms with Gasteiger partial charge in [-0.3, -0.25) is 14.6 Å². The van der Waals surface area contributed by atoms with E-state index >= 15 is 0 Å². The molecule has 0 bridgehead atoms. The Bertz CT molecular complexity index is 327. The maximum atomic E-state index is 10.9. The van der Waals surface area contributed by atoms with Crippen molar-refractivity contribution in [1.82, 2.24) is 0 Å². The normalized spacial score (nSPS) is 28.2. The summed E-state index contributed by atoms with van der Waals surface area (Å²) in [6.07, 6.45) is 0.571. The molecule has 0 spiro atoms. The van der Waals surface area contributed by atoms with Gasteiger partial charge in [0.1, 0.15) is 6.10 Å². The molecule has 0 aromatic carbocycles. The van der Waals surface area contributed by atoms with Gasteiger partial charge in [-0.2, -0.15) is 0 Å². The summed E-state index contributed by atoms with van der Waals surface area (Å²) in [7, 11) is 0. The largest absolute Gasteiger partial charge is 0.386 e. The summed E-state index contributed by atoms with van der Waals surface area (Å²) in [6.45, 7) is 0.279. The number of hydrogen-bond donors (Lipinski definition) is 1. The predicted molar refractivity (Wildman–Crippen MR) is 41.0 cm³/mol. The Balaban J connectivity index is 2.43. The maximum Gasteiger partial charge on any atom is 0.222 e. The highest BCUT2D eigenvalue weighted by Gasteiger charge is 2.31. The first-order valence-corrected chi connectivity index (χ1v) is 3.69. The minimum absolute atomic E-state index is 0.0573. The zero-order chi connectivity index (χ0) is 8.72. The van der Waals surface area contributed by atoms with E-state index in [1.165, 1.54) is 6.08 Å². The summed E-state index contributed by atoms with van der Waals surface area (Å²) in [6, 6.07) is 0. The molecular weight excluding hydrogens is 158 g/mol. The fraction of sp³-hybridized carbons (Fsp3) is 0.375. The summed E-state index contributed by atoms with van der Waals surface area (Å²) < 4.78 is 0. The number of hydrogen-bond acceptors (Lipinski definition) is 4. The first-order valence-electron chi connectivity index (χ1n) is 3.69. The van der Waals surface area contributed by atoms with Crippen LogP contribution in [0.25, 0.3) is 0 Å². The van der Waals surface area contributed by atoms with Gasteiger partial charge in [0.15, 0.2) is 0 Å². The van der Waals surface area contributed by atoms with Crippen LogP contribution in [0.3, 0.4) is 0 Å². The quantitative estimate of drug-likeness (QED) is 0.481. The first kappa shape index (κ1) is 7.36. The summed E-state index contributed by atoms with van der Waals surface area (Å²) >= 11 is 0. The topological polar surface area (TPSA) is 66.7 Å². The van der Waals surface area contributed by atoms with Crippen LogP contribution in [0.1, 0.15) is 6.42 Å². The van der Waals surface area contributed by atoms with Crippen molar-refractivity contribution in [3.8, 4) is 0 Å². The third-order valence-corrected chi connectivity index (χ3v) is 2.04. The van der Waals surface area contributed by atoms with E-state index in [0.29, 0.717) is 11.3 Å². The van der Waals surface area contributed by atoms with Crippen molar-refractivity contribution in [3.05, 3.63) is 11.6 Å². The summed E-state index contributed by atoms with van der Waals surface area (Å²) in [5.74, 6) is -0.962. The number of carbonyl (C=O) groups excluding carboxylic acids is 2. The third-order valence-electron chi connectivity index (χ3n) is 2.04. The lowest BCUT2D eigenvalue weighted by atomic mass is 9.94. The fourth-order valence-corrected chi connectivity index (χ4v) is 1.38. The first-order chi connectivity index (χ1) is 5.68. The number of Topliss-reactive ketones (excluding diaryl/α,β-unsaturated/α-hetero) is 1. The van der Waals surface area contributed by atoms with Gasteiger partial charge >= 0.3 is 0 Å². The van der Waals surface area contributed by atoms with Crippen molar-refractivity contribution >= 4 is 17.3 Å². The molecule has 2 aliphatic rings. The standard InChI is InChI=1S/C8H7NO3/c10-6-1-4-5(2-7(6)11)9-3-8(4)12/h1,8,12H,2-3H2/t8-/m0/s1. The van der Waals surface area contributed by atoms with Gasteiger partial charge in [0.2, 0.25) is 11.6 Å². The van der Waals surface area contributed by atoms with Gasteiger partial charge < -0.3 is 5.11 Å². The van der Waals surface area contributed by atoms with E-state index in [4.69, 9.17) is 0 Å². The van der Waals surface area contributed by atoms with Crippen LogP contribution in [-0.2, 0) is 9.59 Å². The molecule has 2 rings (SSSR count). The second-order valence-corrected chi connectivity index (χ2v) is 2.87. The van der Waals surface area contributed by atoms with Gasteiger partial charge in [-0.25, -0.2) is 0 Å². The van der Waals surface area contributed by atoms with E-state index in [-0.39, 0.29) is 13.0 Å². The average Bonchev–Trinajstić information content (AvgIpc) is 2.35. The van der Waals surface area contributed by atoms with Gasteiger partial charge in [-0.1, -0.05) is 0 Å². The molecule has 1 atom stereocenters. The van der Waals surface area contributed by atoms with Crippen LogP contribution < -0.4 is 0 Å². The zero-order valence-corrected chi connectivity index (χ0v) is 6.28. The highest BCUT2D eigenvalue weighted by molar-refractivity contribution is 6.48. The smallest absolute Gasteiger partial charge is 0.222 e. The van der Waals surface area contributed by atoms with Crippen LogP contribution in [0.4, 0.5) is 0 Å². The number of ketones is 2. The average molecular weight is 165 g/mol. The van der Waals surface area contributed by atoms with Crippen molar-refractivity contribution in [1.29, 1.82) is 0 Å². The lowest BCUT2D eigenvalue weighted by Crippen LogP contribution is -2.25. The molecule has 0 saturated heterocycles. The summed E-state index contributed by atoms with van der Waals surface area (Å²) in [5, 5.41) is 9.28. The molecule has 12 heavy (non-hydrogen) atoms. The molecule has 4 nitrogen and oxygen atoms in total. The number of aliphatic hydroxyl groups is 1. The molecule has 0 amide bonds. The Morgan fingerprint density at radius 3 is 3.00 bits per heavy atom. The van der Waals surface area contributed by atoms with Crippen LogP contribution in [-0.4, -0.2) is 35.0 Å². The van der Waals surface area contributed by atoms with E-state index in [9.17, 15) is 14.7 Å². The number of carbonyl (C=O) groups is 2. The minimum atomic E-state index is -0.683. The molecule has 1 aliphatic heterocycles. The maximum absolute atomic E-state index is 10.9. The highest BCUT2D eigenvalue weighted by Crippen LogP contribution is 2.20. The molecule has 0 radical (unpaired) electrons. The molecule has 4 heteroatoms. The highest BCUT2D eigenvalue weighted by atomic mass is 16.3. The van der Waals surface area contributed by atoms with Crippen LogP contribution in [0.15, 0.2) is 16.6 Å². The number of aliphatic imine (C=N–C) groups is 1. The second kappa shape index (κ2) is 2.35. The molecule has 0 fully saturated rings. The van der Waals surface area contributed by atoms with Crippen LogP contribution >= 0.6 is 0 Å². The molecule has 1 heterocycles. The Hall–Kier alpha value is -1.29. The SMILES string of the molecule is O=C1C=C2C(=NC[C@@H]2O)CC1=O. The number of fused-ring (bicyclic) bond motifs is 1. The third kappa shape index (κ3) is 0.921. The monoisotopic (exact) mass is 165 g/mol. The molecule has 0 aromatic heterocycles. The molecule has 1 aliphatic carbocycles. The van der Waals surface area contributed by atoms with Gasteiger partial charge in [0.25, 0.3) is 0 Å². The van der Waals surface area contributed by atoms with Crippen LogP contribution in [0.2, 0.25) is 0 Å². The molecule has 0 unspecified atom stereocenters. The predicted octanol–water partition coefficient (Wildman–Crippen LogP) is -0.730. The molecule has 0 saturated carbocycles. The number of nitrogens with zero attached hydrogens (tertiary/aromatic N) is 1. The van der Waals surface area contributed by atoms with Gasteiger partial charge in [0.05, 0.1) is 13.0 Å². The van der Waals surface area contributed by atoms with Crippen LogP contribution in [0.5, 0.6) is 0 Å². The Labute approximate surface area is 68.6 Å². The van der Waals surface area contributed by atoms with Gasteiger partial charge in [0, 0.05) is 11.3 Å². The molecule has 1 N–H and O–H groups in total. The number of allylic oxidation sites excluding steroid dienone is 1. The van der Waals surface area contributed by atoms with Gasteiger partial charge in [-0.15, -0.1) is 0 Å². The number of aliphatic hydroxyl groups excluding tert-OH is 1.